The van der Waals surface area contributed by atoms with Crippen molar-refractivity contribution in [2.75, 3.05) is 26.8 Å². The lowest BCUT2D eigenvalue weighted by Gasteiger charge is -2.31. The number of non-ortho nitro benzene ring substituents is 1. The van der Waals surface area contributed by atoms with Gasteiger partial charge in [-0.25, -0.2) is 8.42 Å². The number of hydrogen-bond donors (Lipinski definition) is 1. The van der Waals surface area contributed by atoms with Crippen LogP contribution in [0.1, 0.15) is 19.8 Å². The summed E-state index contributed by atoms with van der Waals surface area (Å²) in [5.74, 6) is -0.429. The lowest BCUT2D eigenvalue weighted by Crippen LogP contribution is -2.45. The van der Waals surface area contributed by atoms with Gasteiger partial charge in [0, 0.05) is 44.3 Å². The van der Waals surface area contributed by atoms with Gasteiger partial charge in [0.25, 0.3) is 5.69 Å². The molecule has 1 aliphatic heterocycles. The molecule has 1 fully saturated rings. The van der Waals surface area contributed by atoms with Crippen LogP contribution in [0.25, 0.3) is 0 Å². The number of carbonyl (C=O) groups excluding carboxylic acids is 1. The minimum Gasteiger partial charge on any atom is -0.383 e. The number of nitrogens with one attached hydrogen (secondary N) is 1. The monoisotopic (exact) mass is 419 g/mol. The molecule has 0 saturated carbocycles. The Morgan fingerprint density at radius 1 is 1.44 bits per heavy atom. The molecular formula is C16H22ClN3O6S. The molecule has 1 amide bonds. The first-order chi connectivity index (χ1) is 12.7. The van der Waals surface area contributed by atoms with Gasteiger partial charge in [0.1, 0.15) is 4.90 Å². The summed E-state index contributed by atoms with van der Waals surface area (Å²) in [4.78, 5) is 22.2. The van der Waals surface area contributed by atoms with Crippen molar-refractivity contribution in [2.45, 2.75) is 30.7 Å². The van der Waals surface area contributed by atoms with Gasteiger partial charge < -0.3 is 10.1 Å². The van der Waals surface area contributed by atoms with Crippen molar-refractivity contribution in [3.05, 3.63) is 33.3 Å². The van der Waals surface area contributed by atoms with Crippen molar-refractivity contribution < 1.29 is 22.9 Å². The van der Waals surface area contributed by atoms with Crippen molar-refractivity contribution in [1.82, 2.24) is 9.62 Å². The fourth-order valence-corrected chi connectivity index (χ4v) is 4.92. The van der Waals surface area contributed by atoms with Gasteiger partial charge in [0.15, 0.2) is 0 Å². The van der Waals surface area contributed by atoms with Crippen LogP contribution in [0.5, 0.6) is 0 Å². The number of halogens is 1. The molecule has 1 N–H and O–H groups in total. The maximum atomic E-state index is 12.8. The zero-order valence-electron chi connectivity index (χ0n) is 15.1. The molecule has 0 bridgehead atoms. The number of carbonyl (C=O) groups is 1. The van der Waals surface area contributed by atoms with Gasteiger partial charge in [0.2, 0.25) is 15.9 Å². The summed E-state index contributed by atoms with van der Waals surface area (Å²) in [6.07, 6.45) is 0.717. The second-order valence-electron chi connectivity index (χ2n) is 6.42. The van der Waals surface area contributed by atoms with E-state index in [0.717, 1.165) is 12.1 Å². The van der Waals surface area contributed by atoms with E-state index in [1.807, 2.05) is 6.92 Å². The molecule has 0 spiro atoms. The second-order valence-corrected chi connectivity index (χ2v) is 8.73. The van der Waals surface area contributed by atoms with Crippen molar-refractivity contribution >= 4 is 33.2 Å². The fourth-order valence-electron chi connectivity index (χ4n) is 2.95. The number of piperidine rings is 1. The first-order valence-corrected chi connectivity index (χ1v) is 10.2. The maximum Gasteiger partial charge on any atom is 0.270 e. The quantitative estimate of drug-likeness (QED) is 0.531. The maximum absolute atomic E-state index is 12.8. The minimum atomic E-state index is -3.98. The number of ether oxygens (including phenoxy) is 1. The molecule has 1 aromatic rings. The lowest BCUT2D eigenvalue weighted by atomic mass is 9.97. The second kappa shape index (κ2) is 8.96. The minimum absolute atomic E-state index is 0.0751. The largest absolute Gasteiger partial charge is 0.383 e. The van der Waals surface area contributed by atoms with Crippen molar-refractivity contribution in [3.63, 3.8) is 0 Å². The third-order valence-electron chi connectivity index (χ3n) is 4.37. The smallest absolute Gasteiger partial charge is 0.270 e. The van der Waals surface area contributed by atoms with E-state index in [2.05, 4.69) is 5.32 Å². The predicted molar refractivity (Wildman–Crippen MR) is 99.1 cm³/mol. The molecule has 1 aromatic carbocycles. The van der Waals surface area contributed by atoms with E-state index in [4.69, 9.17) is 16.3 Å². The van der Waals surface area contributed by atoms with Crippen LogP contribution in [-0.4, -0.2) is 56.4 Å². The van der Waals surface area contributed by atoms with E-state index in [-0.39, 0.29) is 46.6 Å². The summed E-state index contributed by atoms with van der Waals surface area (Å²) in [6.45, 7) is 2.49. The highest BCUT2D eigenvalue weighted by Gasteiger charge is 2.34. The van der Waals surface area contributed by atoms with Gasteiger partial charge in [0.05, 0.1) is 16.6 Å². The Bertz CT molecular complexity index is 808. The number of nitro benzene ring substituents is 1. The average molecular weight is 420 g/mol. The number of sulfonamides is 1. The summed E-state index contributed by atoms with van der Waals surface area (Å²) in [7, 11) is -2.44. The number of nitro groups is 1. The Hall–Kier alpha value is -1.75. The molecule has 150 valence electrons. The summed E-state index contributed by atoms with van der Waals surface area (Å²) in [6, 6.07) is 3.18. The van der Waals surface area contributed by atoms with E-state index >= 15 is 0 Å². The van der Waals surface area contributed by atoms with E-state index in [9.17, 15) is 23.3 Å². The Morgan fingerprint density at radius 3 is 2.63 bits per heavy atom. The number of rotatable bonds is 7. The molecule has 0 radical (unpaired) electrons. The highest BCUT2D eigenvalue weighted by atomic mass is 35.5. The summed E-state index contributed by atoms with van der Waals surface area (Å²) < 4.78 is 31.8. The van der Waals surface area contributed by atoms with Crippen LogP contribution in [0, 0.1) is 16.0 Å². The van der Waals surface area contributed by atoms with E-state index < -0.39 is 14.9 Å². The van der Waals surface area contributed by atoms with Crippen molar-refractivity contribution in [3.8, 4) is 0 Å². The summed E-state index contributed by atoms with van der Waals surface area (Å²) in [5, 5.41) is 13.7. The molecular weight excluding hydrogens is 398 g/mol. The Labute approximate surface area is 162 Å². The third kappa shape index (κ3) is 5.16. The number of nitrogens with zero attached hydrogens (tertiary/aromatic N) is 2. The molecule has 9 nitrogen and oxygen atoms in total. The van der Waals surface area contributed by atoms with E-state index in [0.29, 0.717) is 19.4 Å². The zero-order chi connectivity index (χ0) is 20.2. The molecule has 2 rings (SSSR count). The molecule has 1 atom stereocenters. The van der Waals surface area contributed by atoms with Gasteiger partial charge in [-0.05, 0) is 25.8 Å². The summed E-state index contributed by atoms with van der Waals surface area (Å²) >= 11 is 5.97. The molecule has 11 heteroatoms. The van der Waals surface area contributed by atoms with Gasteiger partial charge in [-0.1, -0.05) is 11.6 Å². The normalized spacial score (nSPS) is 17.4. The van der Waals surface area contributed by atoms with Gasteiger partial charge in [-0.15, -0.1) is 0 Å². The van der Waals surface area contributed by atoms with Gasteiger partial charge in [-0.3, -0.25) is 14.9 Å². The first-order valence-electron chi connectivity index (χ1n) is 8.40. The highest BCUT2D eigenvalue weighted by molar-refractivity contribution is 7.89. The SMILES string of the molecule is COCC(C)NC(=O)C1CCN(S(=O)(=O)c2cc([N+](=O)[O-])ccc2Cl)CC1. The van der Waals surface area contributed by atoms with Crippen LogP contribution in [0.3, 0.4) is 0 Å². The third-order valence-corrected chi connectivity index (χ3v) is 6.75. The molecule has 1 saturated heterocycles. The molecule has 1 aliphatic rings. The topological polar surface area (TPSA) is 119 Å². The number of methoxy groups -OCH3 is 1. The van der Waals surface area contributed by atoms with Crippen LogP contribution in [0.2, 0.25) is 5.02 Å². The Kier molecular flexibility index (Phi) is 7.15. The summed E-state index contributed by atoms with van der Waals surface area (Å²) in [5.41, 5.74) is -0.348. The fraction of sp³-hybridized carbons (Fsp3) is 0.562. The van der Waals surface area contributed by atoms with Gasteiger partial charge in [-0.2, -0.15) is 4.31 Å². The average Bonchev–Trinajstić information content (AvgIpc) is 2.62. The van der Waals surface area contributed by atoms with Crippen LogP contribution in [0.15, 0.2) is 23.1 Å². The van der Waals surface area contributed by atoms with Crippen LogP contribution >= 0.6 is 11.6 Å². The first kappa shape index (κ1) is 21.5. The number of benzene rings is 1. The number of amides is 1. The van der Waals surface area contributed by atoms with E-state index in [1.54, 1.807) is 7.11 Å². The zero-order valence-corrected chi connectivity index (χ0v) is 16.6. The van der Waals surface area contributed by atoms with Crippen molar-refractivity contribution in [2.24, 2.45) is 5.92 Å². The van der Waals surface area contributed by atoms with E-state index in [1.165, 1.54) is 10.4 Å². The standard InChI is InChI=1S/C16H22ClN3O6S/c1-11(10-26-2)18-16(21)12-5-7-19(8-6-12)27(24,25)15-9-13(20(22)23)3-4-14(15)17/h3-4,9,11-12H,5-8,10H2,1-2H3,(H,18,21). The molecule has 0 aromatic heterocycles. The van der Waals surface area contributed by atoms with Gasteiger partial charge >= 0.3 is 0 Å². The molecule has 27 heavy (non-hydrogen) atoms. The van der Waals surface area contributed by atoms with Crippen molar-refractivity contribution in [1.29, 1.82) is 0 Å². The Morgan fingerprint density at radius 2 is 2.07 bits per heavy atom. The molecule has 1 unspecified atom stereocenters. The van der Waals surface area contributed by atoms with Crippen LogP contribution in [-0.2, 0) is 19.6 Å². The highest BCUT2D eigenvalue weighted by Crippen LogP contribution is 2.31. The lowest BCUT2D eigenvalue weighted by molar-refractivity contribution is -0.385. The number of hydrogen-bond acceptors (Lipinski definition) is 6. The predicted octanol–water partition coefficient (Wildman–Crippen LogP) is 1.80. The molecule has 0 aliphatic carbocycles. The Balaban J connectivity index is 2.08. The van der Waals surface area contributed by atoms with Crippen LogP contribution < -0.4 is 5.32 Å². The molecule has 1 heterocycles. The van der Waals surface area contributed by atoms with Crippen LogP contribution in [0.4, 0.5) is 5.69 Å².